The Balaban J connectivity index is 1.38. The van der Waals surface area contributed by atoms with Gasteiger partial charge in [-0.1, -0.05) is 53.7 Å². The maximum Gasteiger partial charge on any atom is 0.0830 e. The molecule has 24 heavy (non-hydrogen) atoms. The Bertz CT molecular complexity index is 805. The van der Waals surface area contributed by atoms with Crippen LogP contribution in [0.25, 0.3) is 0 Å². The second kappa shape index (κ2) is 7.00. The van der Waals surface area contributed by atoms with Crippen LogP contribution in [0.2, 0.25) is 0 Å². The summed E-state index contributed by atoms with van der Waals surface area (Å²) in [7, 11) is 0. The minimum absolute atomic E-state index is 0.784. The average molecular weight is 317 g/mol. The van der Waals surface area contributed by atoms with E-state index in [0.29, 0.717) is 0 Å². The zero-order valence-electron chi connectivity index (χ0n) is 14.0. The molecule has 3 nitrogen and oxygen atoms in total. The van der Waals surface area contributed by atoms with E-state index >= 15 is 0 Å². The van der Waals surface area contributed by atoms with Crippen molar-refractivity contribution in [3.05, 3.63) is 82.7 Å². The lowest BCUT2D eigenvalue weighted by molar-refractivity contribution is 0.649. The normalized spacial score (nSPS) is 13.7. The topological polar surface area (TPSA) is 30.7 Å². The molecule has 3 heteroatoms. The van der Waals surface area contributed by atoms with E-state index in [9.17, 15) is 0 Å². The molecular formula is C21H23N3. The predicted molar refractivity (Wildman–Crippen MR) is 96.1 cm³/mol. The molecule has 0 saturated heterocycles. The van der Waals surface area contributed by atoms with E-state index in [-0.39, 0.29) is 0 Å². The van der Waals surface area contributed by atoms with Gasteiger partial charge < -0.3 is 0 Å². The standard InChI is InChI=1S/C21H23N3/c1-2-6-18(7-3-1)15-24-16-21(22-23-24)13-11-17-10-12-19-8-4-5-9-20(19)14-17/h1-3,6-7,10,12,14,16H,4-5,8-9,11,13,15H2. The minimum Gasteiger partial charge on any atom is -0.248 e. The number of aryl methyl sites for hydroxylation is 4. The summed E-state index contributed by atoms with van der Waals surface area (Å²) in [5.41, 5.74) is 6.87. The van der Waals surface area contributed by atoms with Crippen molar-refractivity contribution in [1.29, 1.82) is 0 Å². The molecule has 0 unspecified atom stereocenters. The van der Waals surface area contributed by atoms with Gasteiger partial charge in [0.25, 0.3) is 0 Å². The van der Waals surface area contributed by atoms with E-state index in [0.717, 1.165) is 25.1 Å². The van der Waals surface area contributed by atoms with Crippen LogP contribution in [0, 0.1) is 0 Å². The van der Waals surface area contributed by atoms with Crippen molar-refractivity contribution in [2.24, 2.45) is 0 Å². The molecule has 0 radical (unpaired) electrons. The third-order valence-electron chi connectivity index (χ3n) is 4.86. The zero-order chi connectivity index (χ0) is 16.2. The highest BCUT2D eigenvalue weighted by Crippen LogP contribution is 2.22. The van der Waals surface area contributed by atoms with Crippen molar-refractivity contribution in [1.82, 2.24) is 15.0 Å². The predicted octanol–water partition coefficient (Wildman–Crippen LogP) is 3.99. The quantitative estimate of drug-likeness (QED) is 0.712. The summed E-state index contributed by atoms with van der Waals surface area (Å²) in [6.45, 7) is 0.784. The molecule has 0 N–H and O–H groups in total. The van der Waals surface area contributed by atoms with Gasteiger partial charge in [0, 0.05) is 6.20 Å². The van der Waals surface area contributed by atoms with Crippen LogP contribution < -0.4 is 0 Å². The number of benzene rings is 2. The van der Waals surface area contributed by atoms with Crippen molar-refractivity contribution in [2.75, 3.05) is 0 Å². The van der Waals surface area contributed by atoms with Crippen LogP contribution in [-0.4, -0.2) is 15.0 Å². The summed E-state index contributed by atoms with van der Waals surface area (Å²) in [6.07, 6.45) is 9.25. The second-order valence-corrected chi connectivity index (χ2v) is 6.70. The number of rotatable bonds is 5. The van der Waals surface area contributed by atoms with Gasteiger partial charge in [-0.3, -0.25) is 0 Å². The Labute approximate surface area is 143 Å². The molecule has 2 aromatic carbocycles. The smallest absolute Gasteiger partial charge is 0.0830 e. The largest absolute Gasteiger partial charge is 0.248 e. The number of nitrogens with zero attached hydrogens (tertiary/aromatic N) is 3. The fraction of sp³-hybridized carbons (Fsp3) is 0.333. The zero-order valence-corrected chi connectivity index (χ0v) is 14.0. The summed E-state index contributed by atoms with van der Waals surface area (Å²) < 4.78 is 1.93. The van der Waals surface area contributed by atoms with Crippen molar-refractivity contribution in [3.63, 3.8) is 0 Å². The number of hydrogen-bond acceptors (Lipinski definition) is 2. The summed E-state index contributed by atoms with van der Waals surface area (Å²) in [5.74, 6) is 0. The highest BCUT2D eigenvalue weighted by atomic mass is 15.4. The SMILES string of the molecule is c1ccc(Cn2cc(CCc3ccc4c(c3)CCCC4)nn2)cc1. The van der Waals surface area contributed by atoms with Crippen LogP contribution in [0.15, 0.2) is 54.7 Å². The molecule has 0 bridgehead atoms. The maximum absolute atomic E-state index is 4.33. The third-order valence-corrected chi connectivity index (χ3v) is 4.86. The Morgan fingerprint density at radius 2 is 1.67 bits per heavy atom. The minimum atomic E-state index is 0.784. The van der Waals surface area contributed by atoms with Crippen LogP contribution in [0.1, 0.15) is 40.8 Å². The molecule has 0 saturated carbocycles. The van der Waals surface area contributed by atoms with Gasteiger partial charge in [0.05, 0.1) is 12.2 Å². The van der Waals surface area contributed by atoms with Crippen LogP contribution in [-0.2, 0) is 32.2 Å². The average Bonchev–Trinajstić information content (AvgIpc) is 3.08. The van der Waals surface area contributed by atoms with Gasteiger partial charge in [-0.15, -0.1) is 5.10 Å². The Hall–Kier alpha value is -2.42. The van der Waals surface area contributed by atoms with Gasteiger partial charge in [0.15, 0.2) is 0 Å². The van der Waals surface area contributed by atoms with Crippen molar-refractivity contribution in [2.45, 2.75) is 45.1 Å². The molecule has 1 aliphatic carbocycles. The van der Waals surface area contributed by atoms with Gasteiger partial charge in [0.1, 0.15) is 0 Å². The summed E-state index contributed by atoms with van der Waals surface area (Å²) in [5, 5.41) is 8.59. The van der Waals surface area contributed by atoms with E-state index in [1.807, 2.05) is 10.7 Å². The first-order chi connectivity index (χ1) is 11.9. The summed E-state index contributed by atoms with van der Waals surface area (Å²) in [4.78, 5) is 0. The monoisotopic (exact) mass is 317 g/mol. The lowest BCUT2D eigenvalue weighted by Crippen LogP contribution is -2.03. The van der Waals surface area contributed by atoms with Gasteiger partial charge in [-0.2, -0.15) is 0 Å². The molecule has 1 heterocycles. The molecule has 0 atom stereocenters. The first-order valence-electron chi connectivity index (χ1n) is 8.90. The lowest BCUT2D eigenvalue weighted by atomic mass is 9.89. The van der Waals surface area contributed by atoms with Crippen LogP contribution in [0.5, 0.6) is 0 Å². The molecule has 122 valence electrons. The fourth-order valence-electron chi connectivity index (χ4n) is 3.52. The maximum atomic E-state index is 4.33. The molecular weight excluding hydrogens is 294 g/mol. The van der Waals surface area contributed by atoms with Crippen LogP contribution in [0.4, 0.5) is 0 Å². The number of aromatic nitrogens is 3. The molecule has 3 aromatic rings. The van der Waals surface area contributed by atoms with Crippen LogP contribution >= 0.6 is 0 Å². The van der Waals surface area contributed by atoms with Crippen molar-refractivity contribution in [3.8, 4) is 0 Å². The fourth-order valence-corrected chi connectivity index (χ4v) is 3.52. The van der Waals surface area contributed by atoms with Gasteiger partial charge in [-0.25, -0.2) is 4.68 Å². The lowest BCUT2D eigenvalue weighted by Gasteiger charge is -2.16. The highest BCUT2D eigenvalue weighted by molar-refractivity contribution is 5.34. The molecule has 0 amide bonds. The van der Waals surface area contributed by atoms with Crippen molar-refractivity contribution < 1.29 is 0 Å². The van der Waals surface area contributed by atoms with Crippen LogP contribution in [0.3, 0.4) is 0 Å². The molecule has 1 aromatic heterocycles. The number of hydrogen-bond donors (Lipinski definition) is 0. The van der Waals surface area contributed by atoms with Gasteiger partial charge >= 0.3 is 0 Å². The van der Waals surface area contributed by atoms with E-state index in [2.05, 4.69) is 59.0 Å². The second-order valence-electron chi connectivity index (χ2n) is 6.70. The summed E-state index contributed by atoms with van der Waals surface area (Å²) in [6, 6.07) is 17.4. The Morgan fingerprint density at radius 3 is 2.54 bits per heavy atom. The van der Waals surface area contributed by atoms with E-state index < -0.39 is 0 Å². The van der Waals surface area contributed by atoms with E-state index in [1.165, 1.54) is 36.8 Å². The Morgan fingerprint density at radius 1 is 0.833 bits per heavy atom. The summed E-state index contributed by atoms with van der Waals surface area (Å²) >= 11 is 0. The first-order valence-corrected chi connectivity index (χ1v) is 8.90. The van der Waals surface area contributed by atoms with Crippen molar-refractivity contribution >= 4 is 0 Å². The highest BCUT2D eigenvalue weighted by Gasteiger charge is 2.10. The van der Waals surface area contributed by atoms with Gasteiger partial charge in [0.2, 0.25) is 0 Å². The Kier molecular flexibility index (Phi) is 4.41. The first kappa shape index (κ1) is 15.1. The molecule has 0 fully saturated rings. The molecule has 0 spiro atoms. The number of fused-ring (bicyclic) bond motifs is 1. The molecule has 0 aliphatic heterocycles. The van der Waals surface area contributed by atoms with E-state index in [1.54, 1.807) is 11.1 Å². The van der Waals surface area contributed by atoms with E-state index in [4.69, 9.17) is 0 Å². The molecule has 4 rings (SSSR count). The third kappa shape index (κ3) is 3.56. The molecule has 1 aliphatic rings. The van der Waals surface area contributed by atoms with Gasteiger partial charge in [-0.05, 0) is 60.8 Å².